The minimum Gasteiger partial charge on any atom is -0.341 e. The summed E-state index contributed by atoms with van der Waals surface area (Å²) in [5.74, 6) is 0.103. The second-order valence-electron chi connectivity index (χ2n) is 5.10. The molecule has 112 valence electrons. The molecule has 0 aromatic heterocycles. The van der Waals surface area contributed by atoms with Gasteiger partial charge in [0.1, 0.15) is 0 Å². The van der Waals surface area contributed by atoms with Crippen LogP contribution in [0.25, 0.3) is 0 Å². The van der Waals surface area contributed by atoms with Crippen molar-refractivity contribution in [3.8, 4) is 0 Å². The van der Waals surface area contributed by atoms with Crippen molar-refractivity contribution in [3.63, 3.8) is 0 Å². The van der Waals surface area contributed by atoms with E-state index in [-0.39, 0.29) is 10.8 Å². The van der Waals surface area contributed by atoms with E-state index in [1.807, 2.05) is 13.8 Å². The molecule has 0 unspecified atom stereocenters. The van der Waals surface area contributed by atoms with Crippen molar-refractivity contribution < 1.29 is 13.2 Å². The maximum atomic E-state index is 12.4. The van der Waals surface area contributed by atoms with E-state index >= 15 is 0 Å². The molecular formula is C13H17BrClNO3S. The average molecular weight is 383 g/mol. The number of nitrogens with zero attached hydrogens (tertiary/aromatic N) is 1. The number of hydrogen-bond donors (Lipinski definition) is 0. The van der Waals surface area contributed by atoms with Gasteiger partial charge in [-0.15, -0.1) is 0 Å². The van der Waals surface area contributed by atoms with E-state index in [0.717, 1.165) is 0 Å². The van der Waals surface area contributed by atoms with Gasteiger partial charge in [-0.3, -0.25) is 4.79 Å². The summed E-state index contributed by atoms with van der Waals surface area (Å²) in [6.07, 6.45) is 0. The lowest BCUT2D eigenvalue weighted by molar-refractivity contribution is 0.0778. The zero-order valence-electron chi connectivity index (χ0n) is 11.8. The minimum atomic E-state index is -3.88. The van der Waals surface area contributed by atoms with Crippen LogP contribution in [0.1, 0.15) is 29.8 Å². The molecule has 0 atom stereocenters. The highest BCUT2D eigenvalue weighted by molar-refractivity contribution is 9.10. The van der Waals surface area contributed by atoms with Gasteiger partial charge in [0.2, 0.25) is 0 Å². The largest absolute Gasteiger partial charge is 0.341 e. The first-order valence-corrected chi connectivity index (χ1v) is 9.14. The van der Waals surface area contributed by atoms with E-state index < -0.39 is 9.05 Å². The van der Waals surface area contributed by atoms with Crippen molar-refractivity contribution in [3.05, 3.63) is 27.7 Å². The molecule has 0 bridgehead atoms. The number of amides is 1. The highest BCUT2D eigenvalue weighted by Gasteiger charge is 2.21. The van der Waals surface area contributed by atoms with Gasteiger partial charge in [0.15, 0.2) is 0 Å². The molecule has 0 aliphatic rings. The quantitative estimate of drug-likeness (QED) is 0.750. The molecule has 0 heterocycles. The summed E-state index contributed by atoms with van der Waals surface area (Å²) in [4.78, 5) is 13.9. The first-order valence-electron chi connectivity index (χ1n) is 6.04. The van der Waals surface area contributed by atoms with Crippen molar-refractivity contribution in [1.82, 2.24) is 4.90 Å². The van der Waals surface area contributed by atoms with E-state index in [1.165, 1.54) is 12.1 Å². The van der Waals surface area contributed by atoms with Gasteiger partial charge in [0.25, 0.3) is 15.0 Å². The average Bonchev–Trinajstić information content (AvgIpc) is 2.29. The number of hydrogen-bond acceptors (Lipinski definition) is 3. The Hall–Kier alpha value is -0.590. The zero-order chi connectivity index (χ0) is 15.7. The molecule has 1 aromatic carbocycles. The van der Waals surface area contributed by atoms with E-state index in [2.05, 4.69) is 15.9 Å². The number of halogens is 2. The van der Waals surface area contributed by atoms with Crippen molar-refractivity contribution in [2.75, 3.05) is 13.6 Å². The zero-order valence-corrected chi connectivity index (χ0v) is 14.9. The van der Waals surface area contributed by atoms with Crippen LogP contribution < -0.4 is 0 Å². The number of benzene rings is 1. The topological polar surface area (TPSA) is 54.5 Å². The van der Waals surface area contributed by atoms with Crippen LogP contribution in [0, 0.1) is 12.8 Å². The van der Waals surface area contributed by atoms with Crippen molar-refractivity contribution >= 4 is 41.6 Å². The molecule has 1 rings (SSSR count). The van der Waals surface area contributed by atoms with Crippen LogP contribution in [0.4, 0.5) is 0 Å². The van der Waals surface area contributed by atoms with Crippen LogP contribution in [0.3, 0.4) is 0 Å². The van der Waals surface area contributed by atoms with Crippen LogP contribution in [-0.4, -0.2) is 32.8 Å². The summed E-state index contributed by atoms with van der Waals surface area (Å²) >= 11 is 3.26. The lowest BCUT2D eigenvalue weighted by Crippen LogP contribution is -2.31. The van der Waals surface area contributed by atoms with E-state index in [1.54, 1.807) is 18.9 Å². The molecule has 20 heavy (non-hydrogen) atoms. The van der Waals surface area contributed by atoms with Gasteiger partial charge < -0.3 is 4.90 Å². The third-order valence-corrected chi connectivity index (χ3v) is 4.97. The predicted molar refractivity (Wildman–Crippen MR) is 83.7 cm³/mol. The smallest absolute Gasteiger partial charge is 0.261 e. The summed E-state index contributed by atoms with van der Waals surface area (Å²) in [5, 5.41) is 0. The van der Waals surface area contributed by atoms with Gasteiger partial charge in [-0.2, -0.15) is 0 Å². The minimum absolute atomic E-state index is 0.0852. The number of carbonyl (C=O) groups is 1. The molecule has 0 spiro atoms. The third kappa shape index (κ3) is 4.20. The maximum absolute atomic E-state index is 12.4. The van der Waals surface area contributed by atoms with Gasteiger partial charge in [-0.1, -0.05) is 29.8 Å². The van der Waals surface area contributed by atoms with Crippen LogP contribution in [0.2, 0.25) is 0 Å². The molecule has 1 amide bonds. The van der Waals surface area contributed by atoms with Gasteiger partial charge >= 0.3 is 0 Å². The summed E-state index contributed by atoms with van der Waals surface area (Å²) in [6.45, 7) is 6.36. The lowest BCUT2D eigenvalue weighted by atomic mass is 10.1. The molecule has 0 saturated heterocycles. The second kappa shape index (κ2) is 6.45. The molecule has 4 nitrogen and oxygen atoms in total. The second-order valence-corrected chi connectivity index (χ2v) is 8.52. The fourth-order valence-corrected chi connectivity index (χ4v) is 3.25. The molecule has 0 fully saturated rings. The Morgan fingerprint density at radius 1 is 1.40 bits per heavy atom. The van der Waals surface area contributed by atoms with E-state index in [0.29, 0.717) is 28.1 Å². The Labute approximate surface area is 132 Å². The standard InChI is InChI=1S/C13H17BrClNO3S/c1-8(2)7-16(4)13(17)11-5-10(20(15,18)19)6-12(14)9(11)3/h5-6,8H,7H2,1-4H3. The first-order chi connectivity index (χ1) is 9.04. The Morgan fingerprint density at radius 3 is 2.40 bits per heavy atom. The van der Waals surface area contributed by atoms with E-state index in [9.17, 15) is 13.2 Å². The summed E-state index contributed by atoms with van der Waals surface area (Å²) in [7, 11) is 3.17. The first kappa shape index (κ1) is 17.5. The molecule has 1 aromatic rings. The number of carbonyl (C=O) groups excluding carboxylic acids is 1. The monoisotopic (exact) mass is 381 g/mol. The molecule has 0 saturated carbocycles. The summed E-state index contributed by atoms with van der Waals surface area (Å²) in [5.41, 5.74) is 1.02. The molecule has 0 N–H and O–H groups in total. The van der Waals surface area contributed by atoms with Gasteiger partial charge in [0, 0.05) is 34.3 Å². The van der Waals surface area contributed by atoms with Gasteiger partial charge in [0.05, 0.1) is 4.90 Å². The van der Waals surface area contributed by atoms with Crippen molar-refractivity contribution in [2.24, 2.45) is 5.92 Å². The molecule has 0 aliphatic heterocycles. The fourth-order valence-electron chi connectivity index (χ4n) is 1.85. The Balaban J connectivity index is 3.31. The highest BCUT2D eigenvalue weighted by atomic mass is 79.9. The third-order valence-electron chi connectivity index (χ3n) is 2.82. The van der Waals surface area contributed by atoms with Crippen molar-refractivity contribution in [2.45, 2.75) is 25.7 Å². The van der Waals surface area contributed by atoms with E-state index in [4.69, 9.17) is 10.7 Å². The number of rotatable bonds is 4. The van der Waals surface area contributed by atoms with Crippen LogP contribution in [0.15, 0.2) is 21.5 Å². The predicted octanol–water partition coefficient (Wildman–Crippen LogP) is 3.41. The molecule has 0 aliphatic carbocycles. The Kier molecular flexibility index (Phi) is 5.63. The Morgan fingerprint density at radius 2 is 1.95 bits per heavy atom. The Bertz CT molecular complexity index is 629. The molecular weight excluding hydrogens is 366 g/mol. The normalized spacial score (nSPS) is 11.8. The molecule has 0 radical (unpaired) electrons. The van der Waals surface area contributed by atoms with Crippen LogP contribution in [-0.2, 0) is 9.05 Å². The van der Waals surface area contributed by atoms with Gasteiger partial charge in [-0.25, -0.2) is 8.42 Å². The summed E-state index contributed by atoms with van der Waals surface area (Å²) < 4.78 is 23.4. The maximum Gasteiger partial charge on any atom is 0.261 e. The molecule has 7 heteroatoms. The van der Waals surface area contributed by atoms with Crippen LogP contribution in [0.5, 0.6) is 0 Å². The fraction of sp³-hybridized carbons (Fsp3) is 0.462. The highest BCUT2D eigenvalue weighted by Crippen LogP contribution is 2.27. The lowest BCUT2D eigenvalue weighted by Gasteiger charge is -2.21. The summed E-state index contributed by atoms with van der Waals surface area (Å²) in [6, 6.07) is 2.72. The van der Waals surface area contributed by atoms with Crippen molar-refractivity contribution in [1.29, 1.82) is 0 Å². The SMILES string of the molecule is Cc1c(Br)cc(S(=O)(=O)Cl)cc1C(=O)N(C)CC(C)C. The van der Waals surface area contributed by atoms with Crippen LogP contribution >= 0.6 is 26.6 Å². The van der Waals surface area contributed by atoms with Gasteiger partial charge in [-0.05, 0) is 30.5 Å².